The Balaban J connectivity index is 0.000000165. The number of nitrogens with zero attached hydrogens (tertiary/aromatic N) is 15. The Morgan fingerprint density at radius 1 is 0.587 bits per heavy atom. The van der Waals surface area contributed by atoms with Gasteiger partial charge in [0.25, 0.3) is 17.7 Å². The lowest BCUT2D eigenvalue weighted by atomic mass is 9.95. The van der Waals surface area contributed by atoms with Crippen LogP contribution in [0.1, 0.15) is 109 Å². The molecule has 3 aliphatic rings. The number of nitriles is 3. The number of aromatic nitrogens is 9. The van der Waals surface area contributed by atoms with Crippen molar-refractivity contribution in [2.45, 2.75) is 108 Å². The molecule has 6 aromatic rings. The average molecular weight is 1100 g/mol. The smallest absolute Gasteiger partial charge is 0.410 e. The van der Waals surface area contributed by atoms with Crippen molar-refractivity contribution < 1.29 is 45.5 Å². The molecule has 9 rings (SSSR count). The summed E-state index contributed by atoms with van der Waals surface area (Å²) in [6.45, 7) is 11.5. The number of carbonyl (C=O) groups is 2. The standard InChI is InChI=1S/C18H20FN5O3.C17H20BrFN4O3.C14H11FN6O/c1-17(2,3)27-16(25)24-8-4-6-18(19,11-24)15-23-22-14(26-15)12-5-7-21-13(9-12)10-20;1-16(2,3)26-15(24)23-8-4-6-17(19,10-23)14-22-21-13(25-14)11-5-7-20-12(18)9-11;15-14(3-1-5-21(8-14)9-17)13-20-19-12(22-13)10-2-4-18-11(6-10)7-16/h5,7,9H,4,6,8,11H2,1-3H3;5,7,9H,4,6,8,10H2,1-3H3;2,4,6H,1,3,5,8H2/t18-;17-;14-/m111/s1. The van der Waals surface area contributed by atoms with Crippen molar-refractivity contribution in [3.63, 3.8) is 0 Å². The SMILES string of the molecule is CC(C)(C)OC(=O)N1CCC[C@](F)(c2nnc(-c3ccnc(Br)c3)o2)C1.CC(C)(C)OC(=O)N1CCC[C@](F)(c2nnc(-c3ccnc(C#N)c3)o2)C1.N#Cc1cc(-c2nnc([C@@]3(F)CCCN(C#N)C3)o2)ccn1. The molecule has 0 aromatic carbocycles. The highest BCUT2D eigenvalue weighted by molar-refractivity contribution is 9.10. The van der Waals surface area contributed by atoms with Crippen molar-refractivity contribution >= 4 is 28.1 Å². The molecule has 26 heteroatoms. The number of ether oxygens (including phenoxy) is 2. The van der Waals surface area contributed by atoms with Crippen LogP contribution in [0.2, 0.25) is 0 Å². The summed E-state index contributed by atoms with van der Waals surface area (Å²) in [6, 6.07) is 13.4. The number of piperidine rings is 3. The summed E-state index contributed by atoms with van der Waals surface area (Å²) in [7, 11) is 0. The summed E-state index contributed by atoms with van der Waals surface area (Å²) in [6.07, 6.45) is 7.35. The van der Waals surface area contributed by atoms with Gasteiger partial charge in [0.2, 0.25) is 34.7 Å². The van der Waals surface area contributed by atoms with E-state index < -0.39 is 40.4 Å². The van der Waals surface area contributed by atoms with Crippen molar-refractivity contribution in [2.75, 3.05) is 39.3 Å². The monoisotopic (exact) mass is 1100 g/mol. The second-order valence-electron chi connectivity index (χ2n) is 19.7. The largest absolute Gasteiger partial charge is 0.444 e. The number of pyridine rings is 3. The first-order valence-corrected chi connectivity index (χ1v) is 24.3. The molecule has 3 atom stereocenters. The molecule has 0 bridgehead atoms. The van der Waals surface area contributed by atoms with E-state index in [2.05, 4.69) is 61.5 Å². The predicted molar refractivity (Wildman–Crippen MR) is 259 cm³/mol. The topological polar surface area (TPSA) is 289 Å². The zero-order valence-electron chi connectivity index (χ0n) is 41.8. The minimum absolute atomic E-state index is 0.0923. The minimum atomic E-state index is -1.95. The fourth-order valence-electron chi connectivity index (χ4n) is 7.95. The van der Waals surface area contributed by atoms with E-state index in [0.717, 1.165) is 0 Å². The molecule has 6 aromatic heterocycles. The van der Waals surface area contributed by atoms with E-state index in [1.807, 2.05) is 18.3 Å². The van der Waals surface area contributed by atoms with E-state index >= 15 is 8.78 Å². The lowest BCUT2D eigenvalue weighted by Crippen LogP contribution is -2.48. The molecule has 0 radical (unpaired) electrons. The van der Waals surface area contributed by atoms with Gasteiger partial charge in [0.1, 0.15) is 39.3 Å². The molecule has 0 unspecified atom stereocenters. The number of carbonyl (C=O) groups excluding carboxylic acids is 2. The Kier molecular flexibility index (Phi) is 16.5. The molecule has 3 saturated heterocycles. The summed E-state index contributed by atoms with van der Waals surface area (Å²) >= 11 is 3.27. The Bertz CT molecular complexity index is 3120. The van der Waals surface area contributed by atoms with Crippen LogP contribution in [0.3, 0.4) is 0 Å². The molecule has 3 aliphatic heterocycles. The quantitative estimate of drug-likeness (QED) is 0.111. The molecule has 0 N–H and O–H groups in total. The third-order valence-electron chi connectivity index (χ3n) is 11.4. The van der Waals surface area contributed by atoms with Gasteiger partial charge in [0, 0.05) is 54.9 Å². The van der Waals surface area contributed by atoms with E-state index in [-0.39, 0.29) is 85.6 Å². The van der Waals surface area contributed by atoms with Crippen molar-refractivity contribution in [3.05, 3.63) is 88.7 Å². The summed E-state index contributed by atoms with van der Waals surface area (Å²) in [5.41, 5.74) is -4.97. The maximum atomic E-state index is 15.5. The van der Waals surface area contributed by atoms with E-state index in [4.69, 9.17) is 38.5 Å². The number of hydrogen-bond acceptors (Lipinski definition) is 20. The molecular weight excluding hydrogens is 1050 g/mol. The van der Waals surface area contributed by atoms with Crippen molar-refractivity contribution in [1.82, 2.24) is 60.2 Å². The van der Waals surface area contributed by atoms with Gasteiger partial charge in [-0.25, -0.2) is 37.7 Å². The van der Waals surface area contributed by atoms with Crippen LogP contribution in [0, 0.1) is 34.1 Å². The number of rotatable bonds is 6. The summed E-state index contributed by atoms with van der Waals surface area (Å²) < 4.78 is 73.8. The van der Waals surface area contributed by atoms with E-state index in [9.17, 15) is 14.0 Å². The van der Waals surface area contributed by atoms with Gasteiger partial charge in [-0.3, -0.25) is 0 Å². The Labute approximate surface area is 437 Å². The molecular formula is C49H51BrF3N15O7. The normalized spacial score (nSPS) is 20.7. The van der Waals surface area contributed by atoms with Crippen LogP contribution in [0.5, 0.6) is 0 Å². The third kappa shape index (κ3) is 14.0. The third-order valence-corrected chi connectivity index (χ3v) is 11.8. The van der Waals surface area contributed by atoms with Crippen LogP contribution in [0.15, 0.2) is 72.8 Å². The van der Waals surface area contributed by atoms with Gasteiger partial charge < -0.3 is 37.4 Å². The molecule has 0 saturated carbocycles. The van der Waals surface area contributed by atoms with Crippen molar-refractivity contribution in [2.24, 2.45) is 0 Å². The highest BCUT2D eigenvalue weighted by atomic mass is 79.9. The Morgan fingerprint density at radius 2 is 0.960 bits per heavy atom. The van der Waals surface area contributed by atoms with Crippen LogP contribution >= 0.6 is 15.9 Å². The molecule has 392 valence electrons. The fraction of sp³-hybridized carbons (Fsp3) is 0.469. The maximum absolute atomic E-state index is 15.5. The average Bonchev–Trinajstić information content (AvgIpc) is 4.20. The van der Waals surface area contributed by atoms with E-state index in [1.54, 1.807) is 72.0 Å². The first-order chi connectivity index (χ1) is 35.5. The summed E-state index contributed by atoms with van der Waals surface area (Å²) in [4.78, 5) is 40.3. The number of likely N-dealkylation sites (tertiary alicyclic amines) is 3. The highest BCUT2D eigenvalue weighted by Crippen LogP contribution is 2.39. The fourth-order valence-corrected chi connectivity index (χ4v) is 8.32. The molecule has 2 amide bonds. The molecule has 22 nitrogen and oxygen atoms in total. The second-order valence-corrected chi connectivity index (χ2v) is 20.5. The molecule has 9 heterocycles. The highest BCUT2D eigenvalue weighted by Gasteiger charge is 2.46. The predicted octanol–water partition coefficient (Wildman–Crippen LogP) is 9.03. The molecule has 0 aliphatic carbocycles. The van der Waals surface area contributed by atoms with Crippen LogP contribution in [0.25, 0.3) is 34.4 Å². The van der Waals surface area contributed by atoms with Crippen molar-refractivity contribution in [3.8, 4) is 52.7 Å². The van der Waals surface area contributed by atoms with Gasteiger partial charge in [0.05, 0.1) is 19.6 Å². The molecule has 0 spiro atoms. The van der Waals surface area contributed by atoms with Gasteiger partial charge >= 0.3 is 12.2 Å². The number of amides is 2. The lowest BCUT2D eigenvalue weighted by molar-refractivity contribution is -0.0147. The van der Waals surface area contributed by atoms with Gasteiger partial charge in [-0.2, -0.15) is 15.8 Å². The Hall–Kier alpha value is -8.05. The van der Waals surface area contributed by atoms with Gasteiger partial charge in [-0.1, -0.05) is 0 Å². The van der Waals surface area contributed by atoms with Crippen LogP contribution in [-0.4, -0.2) is 123 Å². The van der Waals surface area contributed by atoms with Gasteiger partial charge in [-0.05, 0) is 132 Å². The summed E-state index contributed by atoms with van der Waals surface area (Å²) in [5.74, 6) is -0.0441. The number of halogens is 4. The number of hydrogen-bond donors (Lipinski definition) is 0. The Morgan fingerprint density at radius 3 is 1.33 bits per heavy atom. The van der Waals surface area contributed by atoms with Gasteiger partial charge in [-0.15, -0.1) is 30.6 Å². The first-order valence-electron chi connectivity index (χ1n) is 23.6. The molecule has 75 heavy (non-hydrogen) atoms. The zero-order chi connectivity index (χ0) is 54.2. The van der Waals surface area contributed by atoms with Gasteiger partial charge in [0.15, 0.2) is 6.19 Å². The number of alkyl halides is 3. The first kappa shape index (κ1) is 54.7. The summed E-state index contributed by atoms with van der Waals surface area (Å²) in [5, 5.41) is 49.8. The minimum Gasteiger partial charge on any atom is -0.444 e. The maximum Gasteiger partial charge on any atom is 0.410 e. The van der Waals surface area contributed by atoms with E-state index in [1.165, 1.54) is 39.2 Å². The van der Waals surface area contributed by atoms with Crippen molar-refractivity contribution in [1.29, 1.82) is 15.8 Å². The van der Waals surface area contributed by atoms with Crippen LogP contribution < -0.4 is 0 Å². The van der Waals surface area contributed by atoms with Crippen LogP contribution in [0.4, 0.5) is 22.8 Å². The van der Waals surface area contributed by atoms with E-state index in [0.29, 0.717) is 60.2 Å². The van der Waals surface area contributed by atoms with Crippen LogP contribution in [-0.2, 0) is 26.5 Å². The zero-order valence-corrected chi connectivity index (χ0v) is 43.3. The molecule has 3 fully saturated rings. The lowest BCUT2D eigenvalue weighted by Gasteiger charge is -2.36. The second kappa shape index (κ2) is 22.6.